The molecule has 2 heterocycles. The molecule has 3 rings (SSSR count). The number of morpholine rings is 1. The van der Waals surface area contributed by atoms with Crippen molar-refractivity contribution in [2.24, 2.45) is 5.73 Å². The third kappa shape index (κ3) is 3.67. The lowest BCUT2D eigenvalue weighted by atomic mass is 10.2. The Morgan fingerprint density at radius 2 is 2.20 bits per heavy atom. The highest BCUT2D eigenvalue weighted by molar-refractivity contribution is 9.13. The van der Waals surface area contributed by atoms with Gasteiger partial charge in [-0.25, -0.2) is 4.98 Å². The number of aromatic nitrogens is 2. The van der Waals surface area contributed by atoms with Crippen molar-refractivity contribution >= 4 is 61.2 Å². The van der Waals surface area contributed by atoms with E-state index < -0.39 is 0 Å². The van der Waals surface area contributed by atoms with E-state index in [4.69, 9.17) is 15.5 Å². The van der Waals surface area contributed by atoms with Gasteiger partial charge in [0.25, 0.3) is 0 Å². The van der Waals surface area contributed by atoms with Crippen molar-refractivity contribution < 1.29 is 4.74 Å². The third-order valence-electron chi connectivity index (χ3n) is 4.17. The van der Waals surface area contributed by atoms with Gasteiger partial charge < -0.3 is 19.9 Å². The Morgan fingerprint density at radius 1 is 1.48 bits per heavy atom. The second-order valence-electron chi connectivity index (χ2n) is 6.08. The molecule has 0 bridgehead atoms. The van der Waals surface area contributed by atoms with Gasteiger partial charge in [-0.1, -0.05) is 0 Å². The van der Waals surface area contributed by atoms with E-state index in [2.05, 4.69) is 61.2 Å². The first-order valence-electron chi connectivity index (χ1n) is 7.84. The van der Waals surface area contributed by atoms with E-state index in [1.54, 1.807) is 0 Å². The second-order valence-corrected chi connectivity index (χ2v) is 7.72. The lowest BCUT2D eigenvalue weighted by Gasteiger charge is -2.34. The Kier molecular flexibility index (Phi) is 6.74. The molecule has 1 aliphatic heterocycles. The van der Waals surface area contributed by atoms with E-state index >= 15 is 0 Å². The van der Waals surface area contributed by atoms with Crippen LogP contribution in [0.3, 0.4) is 0 Å². The van der Waals surface area contributed by atoms with E-state index in [9.17, 15) is 5.26 Å². The summed E-state index contributed by atoms with van der Waals surface area (Å²) in [5.41, 5.74) is 7.97. The van der Waals surface area contributed by atoms with Gasteiger partial charge in [0.1, 0.15) is 11.6 Å². The van der Waals surface area contributed by atoms with Gasteiger partial charge in [-0.15, -0.1) is 12.4 Å². The zero-order chi connectivity index (χ0) is 17.4. The third-order valence-corrected chi connectivity index (χ3v) is 6.15. The fraction of sp³-hybridized carbons (Fsp3) is 0.500. The Bertz CT molecular complexity index is 817. The Balaban J connectivity index is 0.00000225. The van der Waals surface area contributed by atoms with E-state index in [0.29, 0.717) is 30.8 Å². The number of nitrogens with two attached hydrogens (primary N) is 1. The number of ether oxygens (including phenoxy) is 1. The molecule has 1 atom stereocenters. The molecule has 0 amide bonds. The molecule has 2 N–H and O–H groups in total. The normalized spacial score (nSPS) is 17.6. The molecular formula is C16H20Br2ClN5O. The summed E-state index contributed by atoms with van der Waals surface area (Å²) in [6.07, 6.45) is 0.00749. The van der Waals surface area contributed by atoms with Crippen molar-refractivity contribution in [1.82, 2.24) is 9.55 Å². The SMILES string of the molecule is CC(C)n1c(N2CCOC(CN)C2)nc2c(C#N)c(Br)c(Br)cc21.Cl. The van der Waals surface area contributed by atoms with Crippen LogP contribution in [0.15, 0.2) is 15.0 Å². The van der Waals surface area contributed by atoms with Gasteiger partial charge in [-0.2, -0.15) is 5.26 Å². The van der Waals surface area contributed by atoms with Crippen LogP contribution in [0.4, 0.5) is 5.95 Å². The first kappa shape index (κ1) is 20.5. The van der Waals surface area contributed by atoms with E-state index in [-0.39, 0.29) is 24.6 Å². The zero-order valence-corrected chi connectivity index (χ0v) is 18.0. The fourth-order valence-corrected chi connectivity index (χ4v) is 3.85. The number of imidazole rings is 1. The Hall–Kier alpha value is -0.850. The van der Waals surface area contributed by atoms with Crippen LogP contribution in [-0.4, -0.2) is 41.9 Å². The average Bonchev–Trinajstić information content (AvgIpc) is 2.95. The Labute approximate surface area is 170 Å². The predicted molar refractivity (Wildman–Crippen MR) is 108 cm³/mol. The maximum atomic E-state index is 9.57. The number of fused-ring (bicyclic) bond motifs is 1. The van der Waals surface area contributed by atoms with Crippen molar-refractivity contribution in [3.63, 3.8) is 0 Å². The fourth-order valence-electron chi connectivity index (χ4n) is 3.04. The quantitative estimate of drug-likeness (QED) is 0.707. The number of anilines is 1. The zero-order valence-electron chi connectivity index (χ0n) is 14.0. The summed E-state index contributed by atoms with van der Waals surface area (Å²) in [6, 6.07) is 4.49. The van der Waals surface area contributed by atoms with Crippen molar-refractivity contribution in [2.75, 3.05) is 31.1 Å². The number of nitrogens with zero attached hydrogens (tertiary/aromatic N) is 4. The van der Waals surface area contributed by atoms with Crippen LogP contribution in [0.2, 0.25) is 0 Å². The smallest absolute Gasteiger partial charge is 0.207 e. The molecular weight excluding hydrogens is 473 g/mol. The molecule has 136 valence electrons. The topological polar surface area (TPSA) is 80.1 Å². The van der Waals surface area contributed by atoms with Crippen molar-refractivity contribution in [3.8, 4) is 6.07 Å². The monoisotopic (exact) mass is 491 g/mol. The van der Waals surface area contributed by atoms with Crippen LogP contribution >= 0.6 is 44.3 Å². The summed E-state index contributed by atoms with van der Waals surface area (Å²) in [4.78, 5) is 7.02. The Morgan fingerprint density at radius 3 is 2.80 bits per heavy atom. The number of halogens is 3. The molecule has 1 fully saturated rings. The summed E-state index contributed by atoms with van der Waals surface area (Å²) in [5, 5.41) is 9.57. The summed E-state index contributed by atoms with van der Waals surface area (Å²) in [7, 11) is 0. The predicted octanol–water partition coefficient (Wildman–Crippen LogP) is 3.60. The molecule has 1 aliphatic rings. The summed E-state index contributed by atoms with van der Waals surface area (Å²) < 4.78 is 9.42. The lowest BCUT2D eigenvalue weighted by molar-refractivity contribution is 0.0457. The van der Waals surface area contributed by atoms with Crippen LogP contribution in [0, 0.1) is 11.3 Å². The maximum absolute atomic E-state index is 9.57. The van der Waals surface area contributed by atoms with Crippen molar-refractivity contribution in [1.29, 1.82) is 5.26 Å². The molecule has 1 unspecified atom stereocenters. The molecule has 0 saturated carbocycles. The molecule has 0 aliphatic carbocycles. The highest BCUT2D eigenvalue weighted by Crippen LogP contribution is 2.37. The van der Waals surface area contributed by atoms with E-state index in [0.717, 1.165) is 27.0 Å². The van der Waals surface area contributed by atoms with Gasteiger partial charge in [0.05, 0.1) is 28.3 Å². The number of hydrogen-bond acceptors (Lipinski definition) is 5. The minimum Gasteiger partial charge on any atom is -0.373 e. The minimum absolute atomic E-state index is 0. The van der Waals surface area contributed by atoms with Gasteiger partial charge in [0, 0.05) is 30.1 Å². The number of benzene rings is 1. The molecule has 9 heteroatoms. The van der Waals surface area contributed by atoms with Crippen LogP contribution < -0.4 is 10.6 Å². The molecule has 0 spiro atoms. The van der Waals surface area contributed by atoms with Gasteiger partial charge in [-0.3, -0.25) is 0 Å². The van der Waals surface area contributed by atoms with E-state index in [1.807, 2.05) is 6.07 Å². The molecule has 0 radical (unpaired) electrons. The highest BCUT2D eigenvalue weighted by atomic mass is 79.9. The number of hydrogen-bond donors (Lipinski definition) is 1. The first-order chi connectivity index (χ1) is 11.5. The van der Waals surface area contributed by atoms with Gasteiger partial charge in [-0.05, 0) is 51.8 Å². The molecule has 1 aromatic carbocycles. The van der Waals surface area contributed by atoms with Crippen LogP contribution in [0.1, 0.15) is 25.5 Å². The standard InChI is InChI=1S/C16H19Br2N5O.ClH/c1-9(2)23-13-5-12(17)14(18)11(7-20)15(13)21-16(23)22-3-4-24-10(6-19)8-22;/h5,9-10H,3-4,6,8,19H2,1-2H3;1H. The molecule has 2 aromatic rings. The van der Waals surface area contributed by atoms with Gasteiger partial charge >= 0.3 is 0 Å². The van der Waals surface area contributed by atoms with E-state index in [1.165, 1.54) is 0 Å². The van der Waals surface area contributed by atoms with Crippen molar-refractivity contribution in [3.05, 3.63) is 20.6 Å². The molecule has 1 aromatic heterocycles. The minimum atomic E-state index is 0. The lowest BCUT2D eigenvalue weighted by Crippen LogP contribution is -2.46. The number of rotatable bonds is 3. The number of nitriles is 1. The summed E-state index contributed by atoms with van der Waals surface area (Å²) in [5.74, 6) is 0.864. The second kappa shape index (κ2) is 8.23. The van der Waals surface area contributed by atoms with Crippen LogP contribution in [0.5, 0.6) is 0 Å². The first-order valence-corrected chi connectivity index (χ1v) is 9.43. The van der Waals surface area contributed by atoms with Gasteiger partial charge in [0.2, 0.25) is 5.95 Å². The molecule has 1 saturated heterocycles. The maximum Gasteiger partial charge on any atom is 0.207 e. The molecule has 25 heavy (non-hydrogen) atoms. The van der Waals surface area contributed by atoms with Crippen LogP contribution in [-0.2, 0) is 4.74 Å². The molecule has 6 nitrogen and oxygen atoms in total. The van der Waals surface area contributed by atoms with Crippen molar-refractivity contribution in [2.45, 2.75) is 26.0 Å². The highest BCUT2D eigenvalue weighted by Gasteiger charge is 2.27. The van der Waals surface area contributed by atoms with Gasteiger partial charge in [0.15, 0.2) is 0 Å². The van der Waals surface area contributed by atoms with Crippen LogP contribution in [0.25, 0.3) is 11.0 Å². The summed E-state index contributed by atoms with van der Waals surface area (Å²) >= 11 is 7.01. The summed E-state index contributed by atoms with van der Waals surface area (Å²) in [6.45, 7) is 6.81. The average molecular weight is 494 g/mol. The largest absolute Gasteiger partial charge is 0.373 e.